The average molecular weight is 527 g/mol. The van der Waals surface area contributed by atoms with Gasteiger partial charge in [0.1, 0.15) is 11.6 Å². The van der Waals surface area contributed by atoms with Crippen LogP contribution in [-0.4, -0.2) is 39.2 Å². The lowest BCUT2D eigenvalue weighted by Crippen LogP contribution is -2.43. The predicted octanol–water partition coefficient (Wildman–Crippen LogP) is 6.04. The molecule has 0 bridgehead atoms. The molecule has 1 aliphatic heterocycles. The smallest absolute Gasteiger partial charge is 0.226 e. The van der Waals surface area contributed by atoms with Gasteiger partial charge in [-0.2, -0.15) is 5.10 Å². The van der Waals surface area contributed by atoms with Gasteiger partial charge >= 0.3 is 0 Å². The summed E-state index contributed by atoms with van der Waals surface area (Å²) in [5, 5.41) is 4.68. The summed E-state index contributed by atoms with van der Waals surface area (Å²) in [6.45, 7) is 6.96. The highest BCUT2D eigenvalue weighted by molar-refractivity contribution is 6.30. The first-order valence-electron chi connectivity index (χ1n) is 12.9. The van der Waals surface area contributed by atoms with Crippen LogP contribution < -0.4 is 5.73 Å². The summed E-state index contributed by atoms with van der Waals surface area (Å²) in [6.07, 6.45) is 2.68. The number of carbonyl (C=O) groups is 1. The number of likely N-dealkylation sites (tertiary alicyclic amines) is 1. The molecule has 0 radical (unpaired) electrons. The number of amides is 1. The van der Waals surface area contributed by atoms with E-state index in [0.29, 0.717) is 37.2 Å². The lowest BCUT2D eigenvalue weighted by Gasteiger charge is -2.35. The molecule has 1 aromatic heterocycles. The summed E-state index contributed by atoms with van der Waals surface area (Å²) < 4.78 is 30.4. The molecule has 0 spiro atoms. The van der Waals surface area contributed by atoms with Gasteiger partial charge in [0.2, 0.25) is 5.91 Å². The Kier molecular flexibility index (Phi) is 6.88. The summed E-state index contributed by atoms with van der Waals surface area (Å²) >= 11 is 6.03. The summed E-state index contributed by atoms with van der Waals surface area (Å²) in [7, 11) is 0. The summed E-state index contributed by atoms with van der Waals surface area (Å²) in [4.78, 5) is 15.7. The molecule has 2 fully saturated rings. The Morgan fingerprint density at radius 1 is 1.05 bits per heavy atom. The van der Waals surface area contributed by atoms with Crippen LogP contribution in [-0.2, 0) is 4.79 Å². The van der Waals surface area contributed by atoms with Crippen molar-refractivity contribution in [1.29, 1.82) is 0 Å². The number of hydrogen-bond donors (Lipinski definition) is 1. The third kappa shape index (κ3) is 5.16. The Bertz CT molecular complexity index is 1330. The number of benzene rings is 2. The van der Waals surface area contributed by atoms with E-state index in [1.165, 1.54) is 12.1 Å². The molecule has 0 unspecified atom stereocenters. The molecule has 2 aliphatic rings. The Hall–Kier alpha value is -2.77. The number of hydrogen-bond acceptors (Lipinski definition) is 3. The number of piperidine rings is 1. The third-order valence-corrected chi connectivity index (χ3v) is 8.25. The van der Waals surface area contributed by atoms with Crippen molar-refractivity contribution in [2.45, 2.75) is 63.8 Å². The molecule has 1 saturated heterocycles. The molecule has 37 heavy (non-hydrogen) atoms. The van der Waals surface area contributed by atoms with E-state index >= 15 is 0 Å². The molecule has 5 rings (SSSR count). The number of halogens is 3. The van der Waals surface area contributed by atoms with E-state index in [1.54, 1.807) is 12.1 Å². The zero-order valence-corrected chi connectivity index (χ0v) is 22.2. The van der Waals surface area contributed by atoms with Gasteiger partial charge in [0.25, 0.3) is 0 Å². The van der Waals surface area contributed by atoms with Crippen LogP contribution in [0, 0.1) is 31.4 Å². The lowest BCUT2D eigenvalue weighted by atomic mass is 9.86. The first kappa shape index (κ1) is 25.9. The number of aromatic nitrogens is 2. The highest BCUT2D eigenvalue weighted by Gasteiger charge is 2.46. The van der Waals surface area contributed by atoms with Gasteiger partial charge in [-0.15, -0.1) is 0 Å². The molecule has 1 amide bonds. The van der Waals surface area contributed by atoms with Crippen molar-refractivity contribution in [1.82, 2.24) is 14.7 Å². The second-order valence-electron chi connectivity index (χ2n) is 11.1. The first-order chi connectivity index (χ1) is 17.5. The second kappa shape index (κ2) is 9.84. The minimum Gasteiger partial charge on any atom is -0.342 e. The maximum absolute atomic E-state index is 14.9. The van der Waals surface area contributed by atoms with Crippen molar-refractivity contribution < 1.29 is 13.6 Å². The topological polar surface area (TPSA) is 64.2 Å². The zero-order chi connectivity index (χ0) is 26.5. The largest absolute Gasteiger partial charge is 0.342 e. The standard InChI is InChI=1S/C29H33ClF2N4O/c1-17-4-6-21(26(32)12-17)22-15-29(3,33)16-23(22)28(37)35-10-8-19(9-11-35)27-13-18(2)34-36(27)20-5-7-25(31)24(30)14-20/h4-7,12-14,19,22-23H,8-11,15-16,33H2,1-3H3/t22-,23+,29+/m1/s1. The summed E-state index contributed by atoms with van der Waals surface area (Å²) in [5.74, 6) is -1.03. The van der Waals surface area contributed by atoms with Crippen molar-refractivity contribution in [2.75, 3.05) is 13.1 Å². The second-order valence-corrected chi connectivity index (χ2v) is 11.5. The number of rotatable bonds is 4. The quantitative estimate of drug-likeness (QED) is 0.451. The normalized spacial score (nSPS) is 24.6. The predicted molar refractivity (Wildman–Crippen MR) is 141 cm³/mol. The summed E-state index contributed by atoms with van der Waals surface area (Å²) in [5.41, 5.74) is 10.0. The van der Waals surface area contributed by atoms with Gasteiger partial charge in [-0.05, 0) is 87.9 Å². The van der Waals surface area contributed by atoms with Crippen LogP contribution in [0.25, 0.3) is 5.69 Å². The molecular weight excluding hydrogens is 494 g/mol. The fourth-order valence-corrected chi connectivity index (χ4v) is 6.33. The van der Waals surface area contributed by atoms with E-state index in [2.05, 4.69) is 5.10 Å². The van der Waals surface area contributed by atoms with Crippen molar-refractivity contribution in [3.8, 4) is 5.69 Å². The molecule has 2 N–H and O–H groups in total. The van der Waals surface area contributed by atoms with Crippen LogP contribution in [0.3, 0.4) is 0 Å². The van der Waals surface area contributed by atoms with Crippen LogP contribution >= 0.6 is 11.6 Å². The molecule has 1 aliphatic carbocycles. The summed E-state index contributed by atoms with van der Waals surface area (Å²) in [6, 6.07) is 11.9. The van der Waals surface area contributed by atoms with Gasteiger partial charge in [-0.25, -0.2) is 13.5 Å². The van der Waals surface area contributed by atoms with Gasteiger partial charge in [0.05, 0.1) is 16.4 Å². The van der Waals surface area contributed by atoms with Gasteiger partial charge in [0, 0.05) is 42.1 Å². The monoisotopic (exact) mass is 526 g/mol. The van der Waals surface area contributed by atoms with E-state index < -0.39 is 11.4 Å². The maximum Gasteiger partial charge on any atom is 0.226 e. The molecule has 196 valence electrons. The highest BCUT2D eigenvalue weighted by Crippen LogP contribution is 2.46. The van der Waals surface area contributed by atoms with Gasteiger partial charge in [-0.1, -0.05) is 23.7 Å². The fraction of sp³-hybridized carbons (Fsp3) is 0.448. The molecule has 2 aromatic carbocycles. The van der Waals surface area contributed by atoms with Crippen LogP contribution in [0.4, 0.5) is 8.78 Å². The molecule has 3 aromatic rings. The van der Waals surface area contributed by atoms with Crippen molar-refractivity contribution in [3.63, 3.8) is 0 Å². The third-order valence-electron chi connectivity index (χ3n) is 7.96. The van der Waals surface area contributed by atoms with Crippen molar-refractivity contribution in [2.24, 2.45) is 11.7 Å². The number of aryl methyl sites for hydroxylation is 2. The van der Waals surface area contributed by atoms with E-state index in [0.717, 1.165) is 29.8 Å². The van der Waals surface area contributed by atoms with E-state index in [-0.39, 0.29) is 34.5 Å². The number of carbonyl (C=O) groups excluding carboxylic acids is 1. The maximum atomic E-state index is 14.9. The molecule has 8 heteroatoms. The highest BCUT2D eigenvalue weighted by atomic mass is 35.5. The lowest BCUT2D eigenvalue weighted by molar-refractivity contribution is -0.137. The fourth-order valence-electron chi connectivity index (χ4n) is 6.16. The molecule has 5 nitrogen and oxygen atoms in total. The number of nitrogens with two attached hydrogens (primary N) is 1. The van der Waals surface area contributed by atoms with Crippen LogP contribution in [0.2, 0.25) is 5.02 Å². The minimum absolute atomic E-state index is 0.0556. The van der Waals surface area contributed by atoms with Crippen molar-refractivity contribution in [3.05, 3.63) is 81.6 Å². The molecular formula is C29H33ClF2N4O. The Morgan fingerprint density at radius 3 is 2.46 bits per heavy atom. The average Bonchev–Trinajstić information content (AvgIpc) is 3.39. The molecule has 1 saturated carbocycles. The van der Waals surface area contributed by atoms with Gasteiger partial charge in [-0.3, -0.25) is 4.79 Å². The van der Waals surface area contributed by atoms with Gasteiger partial charge < -0.3 is 10.6 Å². The molecule has 2 heterocycles. The van der Waals surface area contributed by atoms with E-state index in [4.69, 9.17) is 17.3 Å². The Morgan fingerprint density at radius 2 is 1.78 bits per heavy atom. The number of nitrogens with zero attached hydrogens (tertiary/aromatic N) is 3. The van der Waals surface area contributed by atoms with Crippen LogP contribution in [0.5, 0.6) is 0 Å². The minimum atomic E-state index is -0.513. The van der Waals surface area contributed by atoms with Crippen LogP contribution in [0.15, 0.2) is 42.5 Å². The SMILES string of the molecule is Cc1ccc([C@H]2C[C@](C)(N)C[C@@H]2C(=O)N2CCC(c3cc(C)nn3-c3ccc(F)c(Cl)c3)CC2)c(F)c1. The first-order valence-corrected chi connectivity index (χ1v) is 13.3. The Labute approximate surface area is 221 Å². The van der Waals surface area contributed by atoms with Crippen LogP contribution in [0.1, 0.15) is 67.0 Å². The Balaban J connectivity index is 1.33. The van der Waals surface area contributed by atoms with Crippen molar-refractivity contribution >= 4 is 17.5 Å². The van der Waals surface area contributed by atoms with Gasteiger partial charge in [0.15, 0.2) is 0 Å². The zero-order valence-electron chi connectivity index (χ0n) is 21.5. The van der Waals surface area contributed by atoms with E-state index in [9.17, 15) is 13.6 Å². The van der Waals surface area contributed by atoms with E-state index in [1.807, 2.05) is 48.6 Å². The molecule has 3 atom stereocenters.